The molecular weight excluding hydrogens is 406 g/mol. The maximum absolute atomic E-state index is 12.7. The van der Waals surface area contributed by atoms with Crippen LogP contribution in [0.5, 0.6) is 11.5 Å². The SMILES string of the molecule is O=C(NC[C@@H]1CCCN2CCCC[C@H]12)c1ccc(NC(=O)c2ccc3c(c2)OCO3)cc1. The van der Waals surface area contributed by atoms with Gasteiger partial charge < -0.3 is 25.0 Å². The van der Waals surface area contributed by atoms with Gasteiger partial charge in [-0.15, -0.1) is 0 Å². The van der Waals surface area contributed by atoms with Crippen molar-refractivity contribution in [2.24, 2.45) is 5.92 Å². The van der Waals surface area contributed by atoms with Gasteiger partial charge in [-0.05, 0) is 87.2 Å². The molecule has 0 radical (unpaired) electrons. The summed E-state index contributed by atoms with van der Waals surface area (Å²) in [6.45, 7) is 3.30. The zero-order valence-corrected chi connectivity index (χ0v) is 18.1. The van der Waals surface area contributed by atoms with Gasteiger partial charge in [0.15, 0.2) is 11.5 Å². The Bertz CT molecular complexity index is 989. The van der Waals surface area contributed by atoms with E-state index < -0.39 is 0 Å². The lowest BCUT2D eigenvalue weighted by Crippen LogP contribution is -2.51. The topological polar surface area (TPSA) is 79.9 Å². The molecule has 7 heteroatoms. The minimum absolute atomic E-state index is 0.0634. The number of amides is 2. The number of nitrogens with zero attached hydrogens (tertiary/aromatic N) is 1. The fourth-order valence-corrected chi connectivity index (χ4v) is 5.09. The Morgan fingerprint density at radius 3 is 2.53 bits per heavy atom. The summed E-state index contributed by atoms with van der Waals surface area (Å²) in [7, 11) is 0. The molecule has 5 rings (SSSR count). The van der Waals surface area contributed by atoms with Gasteiger partial charge in [-0.25, -0.2) is 0 Å². The molecule has 3 aliphatic heterocycles. The van der Waals surface area contributed by atoms with Crippen LogP contribution in [0.3, 0.4) is 0 Å². The summed E-state index contributed by atoms with van der Waals surface area (Å²) in [5, 5.41) is 5.99. The van der Waals surface area contributed by atoms with Crippen molar-refractivity contribution < 1.29 is 19.1 Å². The molecule has 3 heterocycles. The molecule has 0 aromatic heterocycles. The first-order chi connectivity index (χ1) is 15.7. The number of carbonyl (C=O) groups excluding carboxylic acids is 2. The van der Waals surface area contributed by atoms with Gasteiger partial charge in [0.1, 0.15) is 0 Å². The average Bonchev–Trinajstić information content (AvgIpc) is 3.31. The lowest BCUT2D eigenvalue weighted by molar-refractivity contribution is 0.0575. The number of fused-ring (bicyclic) bond motifs is 2. The highest BCUT2D eigenvalue weighted by Crippen LogP contribution is 2.33. The smallest absolute Gasteiger partial charge is 0.255 e. The van der Waals surface area contributed by atoms with E-state index in [4.69, 9.17) is 9.47 Å². The molecule has 168 valence electrons. The molecule has 0 saturated carbocycles. The molecule has 0 bridgehead atoms. The minimum atomic E-state index is -0.241. The van der Waals surface area contributed by atoms with Gasteiger partial charge in [-0.3, -0.25) is 9.59 Å². The summed E-state index contributed by atoms with van der Waals surface area (Å²) in [6.07, 6.45) is 6.25. The van der Waals surface area contributed by atoms with E-state index in [1.807, 2.05) is 0 Å². The normalized spacial score (nSPS) is 22.1. The first kappa shape index (κ1) is 20.8. The third-order valence-electron chi connectivity index (χ3n) is 6.79. The average molecular weight is 436 g/mol. The zero-order chi connectivity index (χ0) is 21.9. The van der Waals surface area contributed by atoms with Gasteiger partial charge in [0.25, 0.3) is 11.8 Å². The van der Waals surface area contributed by atoms with Crippen LogP contribution in [0.25, 0.3) is 0 Å². The summed E-state index contributed by atoms with van der Waals surface area (Å²) in [5.74, 6) is 1.44. The van der Waals surface area contributed by atoms with Crippen molar-refractivity contribution in [1.82, 2.24) is 10.2 Å². The molecule has 0 aliphatic carbocycles. The number of hydrogen-bond donors (Lipinski definition) is 2. The second kappa shape index (κ2) is 9.20. The number of ether oxygens (including phenoxy) is 2. The zero-order valence-electron chi connectivity index (χ0n) is 18.1. The number of benzene rings is 2. The number of nitrogens with one attached hydrogen (secondary N) is 2. The number of anilines is 1. The standard InChI is InChI=1S/C25H29N3O4/c29-24(26-15-19-4-3-13-28-12-2-1-5-21(19)28)17-6-9-20(10-7-17)27-25(30)18-8-11-22-23(14-18)32-16-31-22/h6-11,14,19,21H,1-5,12-13,15-16H2,(H,26,29)(H,27,30)/t19-,21+/m0/s1. The monoisotopic (exact) mass is 435 g/mol. The predicted octanol–water partition coefficient (Wildman–Crippen LogP) is 3.66. The van der Waals surface area contributed by atoms with Gasteiger partial charge >= 0.3 is 0 Å². The number of hydrogen-bond acceptors (Lipinski definition) is 5. The van der Waals surface area contributed by atoms with Crippen molar-refractivity contribution in [3.63, 3.8) is 0 Å². The van der Waals surface area contributed by atoms with Crippen molar-refractivity contribution in [2.75, 3.05) is 31.7 Å². The van der Waals surface area contributed by atoms with E-state index in [0.29, 0.717) is 40.3 Å². The number of piperidine rings is 2. The lowest BCUT2D eigenvalue weighted by atomic mass is 9.83. The van der Waals surface area contributed by atoms with Crippen LogP contribution in [0, 0.1) is 5.92 Å². The fourth-order valence-electron chi connectivity index (χ4n) is 5.09. The van der Waals surface area contributed by atoms with Crippen LogP contribution < -0.4 is 20.1 Å². The van der Waals surface area contributed by atoms with Crippen LogP contribution in [-0.2, 0) is 0 Å². The summed E-state index contributed by atoms with van der Waals surface area (Å²) < 4.78 is 10.6. The van der Waals surface area contributed by atoms with Crippen molar-refractivity contribution >= 4 is 17.5 Å². The molecule has 32 heavy (non-hydrogen) atoms. The quantitative estimate of drug-likeness (QED) is 0.749. The molecular formula is C25H29N3O4. The van der Waals surface area contributed by atoms with Crippen LogP contribution in [0.2, 0.25) is 0 Å². The number of rotatable bonds is 5. The van der Waals surface area contributed by atoms with E-state index in [0.717, 1.165) is 6.54 Å². The maximum Gasteiger partial charge on any atom is 0.255 e. The van der Waals surface area contributed by atoms with Gasteiger partial charge in [0.05, 0.1) is 0 Å². The highest BCUT2D eigenvalue weighted by Gasteiger charge is 2.32. The Labute approximate surface area is 188 Å². The molecule has 3 aliphatic rings. The van der Waals surface area contributed by atoms with Gasteiger partial charge in [-0.2, -0.15) is 0 Å². The molecule has 2 amide bonds. The Balaban J connectivity index is 1.15. The third kappa shape index (κ3) is 4.43. The molecule has 2 N–H and O–H groups in total. The van der Waals surface area contributed by atoms with Gasteiger partial charge in [-0.1, -0.05) is 6.42 Å². The second-order valence-corrected chi connectivity index (χ2v) is 8.81. The highest BCUT2D eigenvalue weighted by molar-refractivity contribution is 6.05. The van der Waals surface area contributed by atoms with E-state index in [9.17, 15) is 9.59 Å². The second-order valence-electron chi connectivity index (χ2n) is 8.81. The van der Waals surface area contributed by atoms with Gasteiger partial charge in [0, 0.05) is 29.4 Å². The molecule has 2 saturated heterocycles. The first-order valence-corrected chi connectivity index (χ1v) is 11.5. The molecule has 0 unspecified atom stereocenters. The van der Waals surface area contributed by atoms with Crippen LogP contribution in [0.4, 0.5) is 5.69 Å². The van der Waals surface area contributed by atoms with E-state index in [-0.39, 0.29) is 18.6 Å². The summed E-state index contributed by atoms with van der Waals surface area (Å²) in [6, 6.07) is 12.7. The van der Waals surface area contributed by atoms with Crippen LogP contribution in [0.1, 0.15) is 52.8 Å². The Morgan fingerprint density at radius 1 is 0.875 bits per heavy atom. The predicted molar refractivity (Wildman–Crippen MR) is 121 cm³/mol. The maximum atomic E-state index is 12.7. The highest BCUT2D eigenvalue weighted by atomic mass is 16.7. The number of carbonyl (C=O) groups is 2. The van der Waals surface area contributed by atoms with E-state index in [1.54, 1.807) is 42.5 Å². The van der Waals surface area contributed by atoms with Crippen LogP contribution in [0.15, 0.2) is 42.5 Å². The molecule has 0 spiro atoms. The van der Waals surface area contributed by atoms with E-state index in [1.165, 1.54) is 45.2 Å². The van der Waals surface area contributed by atoms with Gasteiger partial charge in [0.2, 0.25) is 6.79 Å². The Hall–Kier alpha value is -3.06. The molecule has 2 atom stereocenters. The molecule has 7 nitrogen and oxygen atoms in total. The fraction of sp³-hybridized carbons (Fsp3) is 0.440. The van der Waals surface area contributed by atoms with Crippen molar-refractivity contribution in [2.45, 2.75) is 38.1 Å². The molecule has 2 fully saturated rings. The van der Waals surface area contributed by atoms with E-state index in [2.05, 4.69) is 15.5 Å². The first-order valence-electron chi connectivity index (χ1n) is 11.5. The van der Waals surface area contributed by atoms with Crippen LogP contribution in [-0.4, -0.2) is 49.2 Å². The van der Waals surface area contributed by atoms with Crippen LogP contribution >= 0.6 is 0 Å². The molecule has 2 aromatic carbocycles. The van der Waals surface area contributed by atoms with Crippen molar-refractivity contribution in [1.29, 1.82) is 0 Å². The lowest BCUT2D eigenvalue weighted by Gasteiger charge is -2.44. The largest absolute Gasteiger partial charge is 0.454 e. The minimum Gasteiger partial charge on any atom is -0.454 e. The third-order valence-corrected chi connectivity index (χ3v) is 6.79. The van der Waals surface area contributed by atoms with Crippen molar-refractivity contribution in [3.05, 3.63) is 53.6 Å². The van der Waals surface area contributed by atoms with Crippen molar-refractivity contribution in [3.8, 4) is 11.5 Å². The Kier molecular flexibility index (Phi) is 5.99. The summed E-state index contributed by atoms with van der Waals surface area (Å²) >= 11 is 0. The molecule has 2 aromatic rings. The summed E-state index contributed by atoms with van der Waals surface area (Å²) in [5.41, 5.74) is 1.72. The Morgan fingerprint density at radius 2 is 1.66 bits per heavy atom. The van der Waals surface area contributed by atoms with E-state index >= 15 is 0 Å². The summed E-state index contributed by atoms with van der Waals surface area (Å²) in [4.78, 5) is 27.8.